The Bertz CT molecular complexity index is 273. The van der Waals surface area contributed by atoms with E-state index in [0.717, 1.165) is 5.56 Å². The van der Waals surface area contributed by atoms with Crippen LogP contribution in [0.4, 0.5) is 0 Å². The van der Waals surface area contributed by atoms with E-state index in [2.05, 4.69) is 4.84 Å². The molecule has 0 saturated carbocycles. The van der Waals surface area contributed by atoms with Crippen LogP contribution in [0.2, 0.25) is 0 Å². The fourth-order valence-corrected chi connectivity index (χ4v) is 0.701. The van der Waals surface area contributed by atoms with E-state index in [1.54, 1.807) is 24.3 Å². The lowest BCUT2D eigenvalue weighted by Crippen LogP contribution is -1.99. The van der Waals surface area contributed by atoms with Crippen molar-refractivity contribution in [1.82, 2.24) is 4.90 Å². The van der Waals surface area contributed by atoms with Gasteiger partial charge in [-0.05, 0) is 26.7 Å². The molecule has 15 heavy (non-hydrogen) atoms. The molecule has 5 heteroatoms. The van der Waals surface area contributed by atoms with E-state index in [0.29, 0.717) is 0 Å². The second kappa shape index (κ2) is 7.75. The van der Waals surface area contributed by atoms with Crippen LogP contribution in [0, 0.1) is 10.1 Å². The molecule has 1 rings (SSSR count). The van der Waals surface area contributed by atoms with Crippen molar-refractivity contribution in [1.29, 1.82) is 0 Å². The molecule has 0 radical (unpaired) electrons. The van der Waals surface area contributed by atoms with Gasteiger partial charge in [0.2, 0.25) is 0 Å². The molecule has 84 valence electrons. The lowest BCUT2D eigenvalue weighted by Gasteiger charge is -1.96. The van der Waals surface area contributed by atoms with Crippen molar-refractivity contribution in [2.45, 2.75) is 6.61 Å². The van der Waals surface area contributed by atoms with Crippen LogP contribution >= 0.6 is 0 Å². The first-order valence-electron chi connectivity index (χ1n) is 4.44. The summed E-state index contributed by atoms with van der Waals surface area (Å²) in [4.78, 5) is 15.9. The van der Waals surface area contributed by atoms with Crippen LogP contribution in [0.5, 0.6) is 0 Å². The quantitative estimate of drug-likeness (QED) is 0.563. The molecule has 0 aliphatic carbocycles. The number of benzene rings is 1. The highest BCUT2D eigenvalue weighted by molar-refractivity contribution is 5.13. The van der Waals surface area contributed by atoms with Crippen molar-refractivity contribution in [3.8, 4) is 0 Å². The Hall–Kier alpha value is -1.62. The van der Waals surface area contributed by atoms with Gasteiger partial charge in [-0.15, -0.1) is 10.1 Å². The molecule has 0 N–H and O–H groups in total. The molecule has 0 bridgehead atoms. The van der Waals surface area contributed by atoms with Crippen LogP contribution in [0.3, 0.4) is 0 Å². The molecule has 0 aliphatic heterocycles. The van der Waals surface area contributed by atoms with Gasteiger partial charge in [0.1, 0.15) is 6.61 Å². The zero-order chi connectivity index (χ0) is 11.7. The van der Waals surface area contributed by atoms with E-state index in [9.17, 15) is 10.1 Å². The van der Waals surface area contributed by atoms with Crippen LogP contribution in [0.1, 0.15) is 5.56 Å². The molecule has 0 amide bonds. The minimum absolute atomic E-state index is 0.0217. The normalized spacial score (nSPS) is 9.07. The van der Waals surface area contributed by atoms with Gasteiger partial charge < -0.3 is 9.74 Å². The summed E-state index contributed by atoms with van der Waals surface area (Å²) in [5.41, 5.74) is 0.796. The zero-order valence-corrected chi connectivity index (χ0v) is 9.21. The van der Waals surface area contributed by atoms with E-state index >= 15 is 0 Å². The number of nitrogens with zero attached hydrogens (tertiary/aromatic N) is 2. The van der Waals surface area contributed by atoms with Crippen molar-refractivity contribution < 1.29 is 9.92 Å². The Kier molecular flexibility index (Phi) is 6.92. The molecule has 0 aliphatic rings. The van der Waals surface area contributed by atoms with Crippen molar-refractivity contribution in [3.63, 3.8) is 0 Å². The molecule has 0 spiro atoms. The second-order valence-electron chi connectivity index (χ2n) is 3.32. The minimum Gasteiger partial charge on any atom is -0.312 e. The summed E-state index contributed by atoms with van der Waals surface area (Å²) >= 11 is 0. The summed E-state index contributed by atoms with van der Waals surface area (Å²) in [7, 11) is 6.00. The van der Waals surface area contributed by atoms with Crippen molar-refractivity contribution in [2.24, 2.45) is 0 Å². The maximum atomic E-state index is 9.76. The molecule has 0 unspecified atom stereocenters. The van der Waals surface area contributed by atoms with Gasteiger partial charge >= 0.3 is 0 Å². The van der Waals surface area contributed by atoms with Crippen LogP contribution in [-0.2, 0) is 11.4 Å². The Morgan fingerprint density at radius 2 is 1.73 bits per heavy atom. The van der Waals surface area contributed by atoms with E-state index in [1.165, 1.54) is 0 Å². The Morgan fingerprint density at radius 3 is 2.13 bits per heavy atom. The van der Waals surface area contributed by atoms with Gasteiger partial charge in [-0.2, -0.15) is 0 Å². The summed E-state index contributed by atoms with van der Waals surface area (Å²) in [6, 6.07) is 8.99. The van der Waals surface area contributed by atoms with E-state index in [-0.39, 0.29) is 6.61 Å². The highest BCUT2D eigenvalue weighted by Crippen LogP contribution is 1.99. The van der Waals surface area contributed by atoms with Gasteiger partial charge in [-0.1, -0.05) is 30.3 Å². The fourth-order valence-electron chi connectivity index (χ4n) is 0.701. The van der Waals surface area contributed by atoms with Crippen LogP contribution in [0.25, 0.3) is 0 Å². The highest BCUT2D eigenvalue weighted by atomic mass is 16.9. The van der Waals surface area contributed by atoms with Crippen LogP contribution in [-0.4, -0.2) is 31.1 Å². The standard InChI is InChI=1S/C7H7NO3.C3H9N/c9-8(10)11-6-7-4-2-1-3-5-7;1-4(2)3/h1-5H,6H2;1-3H3. The lowest BCUT2D eigenvalue weighted by atomic mass is 10.2. The van der Waals surface area contributed by atoms with Gasteiger partial charge in [0.15, 0.2) is 0 Å². The summed E-state index contributed by atoms with van der Waals surface area (Å²) < 4.78 is 0. The predicted molar refractivity (Wildman–Crippen MR) is 57.8 cm³/mol. The maximum absolute atomic E-state index is 9.76. The third-order valence-electron chi connectivity index (χ3n) is 1.18. The molecule has 0 fully saturated rings. The number of hydrogen-bond acceptors (Lipinski definition) is 4. The van der Waals surface area contributed by atoms with Crippen LogP contribution < -0.4 is 0 Å². The molecule has 0 atom stereocenters. The SMILES string of the molecule is CN(C)C.O=[N+]([O-])OCc1ccccc1. The largest absolute Gasteiger partial charge is 0.312 e. The number of hydrogen-bond donors (Lipinski definition) is 0. The average Bonchev–Trinajstić information content (AvgIpc) is 2.15. The van der Waals surface area contributed by atoms with Crippen molar-refractivity contribution >= 4 is 0 Å². The van der Waals surface area contributed by atoms with Gasteiger partial charge in [0.25, 0.3) is 5.09 Å². The summed E-state index contributed by atoms with van der Waals surface area (Å²) in [5, 5.41) is 8.96. The highest BCUT2D eigenvalue weighted by Gasteiger charge is 1.94. The number of rotatable bonds is 3. The maximum Gasteiger partial charge on any atom is 0.294 e. The Balaban J connectivity index is 0.000000423. The minimum atomic E-state index is -0.799. The molecule has 0 aromatic heterocycles. The molecular formula is C10H16N2O3. The van der Waals surface area contributed by atoms with Gasteiger partial charge in [-0.25, -0.2) is 0 Å². The molecule has 1 aromatic rings. The Morgan fingerprint density at radius 1 is 1.27 bits per heavy atom. The first-order valence-corrected chi connectivity index (χ1v) is 4.44. The Labute approximate surface area is 89.4 Å². The van der Waals surface area contributed by atoms with E-state index in [1.807, 2.05) is 32.1 Å². The zero-order valence-electron chi connectivity index (χ0n) is 9.21. The van der Waals surface area contributed by atoms with Crippen molar-refractivity contribution in [3.05, 3.63) is 46.0 Å². The van der Waals surface area contributed by atoms with Crippen molar-refractivity contribution in [2.75, 3.05) is 21.1 Å². The topological polar surface area (TPSA) is 55.6 Å². The van der Waals surface area contributed by atoms with Gasteiger partial charge in [0, 0.05) is 0 Å². The lowest BCUT2D eigenvalue weighted by molar-refractivity contribution is -0.763. The van der Waals surface area contributed by atoms with Crippen LogP contribution in [0.15, 0.2) is 30.3 Å². The third kappa shape index (κ3) is 10.3. The first-order chi connectivity index (χ1) is 7.02. The van der Waals surface area contributed by atoms with E-state index < -0.39 is 5.09 Å². The smallest absolute Gasteiger partial charge is 0.294 e. The molecular weight excluding hydrogens is 196 g/mol. The molecule has 5 nitrogen and oxygen atoms in total. The van der Waals surface area contributed by atoms with Gasteiger partial charge in [-0.3, -0.25) is 0 Å². The summed E-state index contributed by atoms with van der Waals surface area (Å²) in [5.74, 6) is 0. The van der Waals surface area contributed by atoms with Gasteiger partial charge in [0.05, 0.1) is 0 Å². The fraction of sp³-hybridized carbons (Fsp3) is 0.400. The first kappa shape index (κ1) is 13.4. The monoisotopic (exact) mass is 212 g/mol. The average molecular weight is 212 g/mol. The van der Waals surface area contributed by atoms with E-state index in [4.69, 9.17) is 0 Å². The summed E-state index contributed by atoms with van der Waals surface area (Å²) in [6.45, 7) is 0.0217. The second-order valence-corrected chi connectivity index (χ2v) is 3.32. The summed E-state index contributed by atoms with van der Waals surface area (Å²) in [6.07, 6.45) is 0. The molecule has 0 saturated heterocycles. The molecule has 1 aromatic carbocycles. The molecule has 0 heterocycles. The third-order valence-corrected chi connectivity index (χ3v) is 1.18. The predicted octanol–water partition coefficient (Wildman–Crippen LogP) is 1.57.